The summed E-state index contributed by atoms with van der Waals surface area (Å²) in [6, 6.07) is 0. The number of rotatable bonds is 10. The summed E-state index contributed by atoms with van der Waals surface area (Å²) in [5.74, 6) is 2.37. The fraction of sp³-hybridized carbons (Fsp3) is 0.857. The lowest BCUT2D eigenvalue weighted by atomic mass is 10.0. The maximum atomic E-state index is 12.5. The molecule has 0 saturated heterocycles. The molecule has 2 heteroatoms. The summed E-state index contributed by atoms with van der Waals surface area (Å²) in [6.07, 6.45) is 16.1. The van der Waals surface area contributed by atoms with Crippen molar-refractivity contribution in [3.63, 3.8) is 0 Å². The van der Waals surface area contributed by atoms with E-state index in [4.69, 9.17) is 0 Å². The van der Waals surface area contributed by atoms with Gasteiger partial charge in [0.05, 0.1) is 0 Å². The van der Waals surface area contributed by atoms with Crippen LogP contribution in [0.15, 0.2) is 12.2 Å². The van der Waals surface area contributed by atoms with Crippen molar-refractivity contribution in [1.82, 2.24) is 4.90 Å². The third kappa shape index (κ3) is 6.31. The van der Waals surface area contributed by atoms with Crippen molar-refractivity contribution in [2.24, 2.45) is 17.8 Å². The Hall–Kier alpha value is -0.790. The standard InChI is InChI=1S/C21H37NO/c1-5-6-7-8-9-10-11-12-18-15-19(18)16-22(21(2,3)4)20(23)17-13-14-17/h9-10,17-19H,5-8,11-16H2,1-4H3. The minimum absolute atomic E-state index is 0.0218. The van der Waals surface area contributed by atoms with Gasteiger partial charge in [0.15, 0.2) is 0 Å². The van der Waals surface area contributed by atoms with Crippen molar-refractivity contribution in [2.45, 2.75) is 91.0 Å². The predicted octanol–water partition coefficient (Wildman–Crippen LogP) is 5.58. The second-order valence-corrected chi connectivity index (χ2v) is 8.69. The van der Waals surface area contributed by atoms with Gasteiger partial charge in [0.1, 0.15) is 0 Å². The summed E-state index contributed by atoms with van der Waals surface area (Å²) in [5, 5.41) is 0. The van der Waals surface area contributed by atoms with Crippen LogP contribution >= 0.6 is 0 Å². The van der Waals surface area contributed by atoms with E-state index in [2.05, 4.69) is 44.7 Å². The van der Waals surface area contributed by atoms with Crippen LogP contribution in [-0.4, -0.2) is 22.9 Å². The molecule has 2 unspecified atom stereocenters. The van der Waals surface area contributed by atoms with Gasteiger partial charge in [0.2, 0.25) is 5.91 Å². The first-order valence-corrected chi connectivity index (χ1v) is 9.90. The van der Waals surface area contributed by atoms with Crippen LogP contribution in [-0.2, 0) is 4.79 Å². The summed E-state index contributed by atoms with van der Waals surface area (Å²) in [5.41, 5.74) is -0.0218. The lowest BCUT2D eigenvalue weighted by Gasteiger charge is -2.36. The van der Waals surface area contributed by atoms with E-state index in [1.165, 1.54) is 44.9 Å². The Balaban J connectivity index is 1.65. The third-order valence-corrected chi connectivity index (χ3v) is 5.33. The highest BCUT2D eigenvalue weighted by Crippen LogP contribution is 2.44. The van der Waals surface area contributed by atoms with E-state index in [1.54, 1.807) is 0 Å². The molecule has 0 aliphatic heterocycles. The number of nitrogens with zero attached hydrogens (tertiary/aromatic N) is 1. The zero-order chi connectivity index (χ0) is 16.9. The number of amides is 1. The predicted molar refractivity (Wildman–Crippen MR) is 98.3 cm³/mol. The number of hydrogen-bond acceptors (Lipinski definition) is 1. The van der Waals surface area contributed by atoms with Crippen LogP contribution in [0, 0.1) is 17.8 Å². The summed E-state index contributed by atoms with van der Waals surface area (Å²) in [6.45, 7) is 9.80. The Morgan fingerprint density at radius 3 is 2.39 bits per heavy atom. The van der Waals surface area contributed by atoms with Crippen LogP contribution in [0.25, 0.3) is 0 Å². The van der Waals surface area contributed by atoms with E-state index < -0.39 is 0 Å². The monoisotopic (exact) mass is 319 g/mol. The zero-order valence-electron chi connectivity index (χ0n) is 15.8. The molecule has 0 N–H and O–H groups in total. The second kappa shape index (κ2) is 8.35. The molecule has 132 valence electrons. The van der Waals surface area contributed by atoms with Gasteiger partial charge in [-0.3, -0.25) is 4.79 Å². The largest absolute Gasteiger partial charge is 0.337 e. The SMILES string of the molecule is CCCCCC=CCCC1CC1CN(C(=O)C1CC1)C(C)(C)C. The topological polar surface area (TPSA) is 20.3 Å². The van der Waals surface area contributed by atoms with Crippen molar-refractivity contribution in [1.29, 1.82) is 0 Å². The van der Waals surface area contributed by atoms with Gasteiger partial charge in [-0.2, -0.15) is 0 Å². The molecule has 0 heterocycles. The normalized spacial score (nSPS) is 24.2. The van der Waals surface area contributed by atoms with Crippen molar-refractivity contribution in [3.8, 4) is 0 Å². The summed E-state index contributed by atoms with van der Waals surface area (Å²) in [4.78, 5) is 14.7. The Morgan fingerprint density at radius 1 is 1.09 bits per heavy atom. The smallest absolute Gasteiger partial charge is 0.226 e. The van der Waals surface area contributed by atoms with Gasteiger partial charge in [0, 0.05) is 18.0 Å². The maximum absolute atomic E-state index is 12.5. The first-order valence-electron chi connectivity index (χ1n) is 9.90. The van der Waals surface area contributed by atoms with Gasteiger partial charge in [-0.05, 0) is 77.6 Å². The molecular formula is C21H37NO. The molecule has 2 rings (SSSR count). The first kappa shape index (κ1) is 18.5. The van der Waals surface area contributed by atoms with Crippen LogP contribution in [0.4, 0.5) is 0 Å². The molecule has 2 fully saturated rings. The quantitative estimate of drug-likeness (QED) is 0.380. The van der Waals surface area contributed by atoms with Crippen molar-refractivity contribution >= 4 is 5.91 Å². The molecule has 2 atom stereocenters. The molecule has 0 aromatic heterocycles. The molecule has 0 aromatic rings. The molecule has 0 aromatic carbocycles. The number of unbranched alkanes of at least 4 members (excludes halogenated alkanes) is 3. The van der Waals surface area contributed by atoms with Crippen molar-refractivity contribution in [2.75, 3.05) is 6.54 Å². The minimum atomic E-state index is -0.0218. The van der Waals surface area contributed by atoms with E-state index in [-0.39, 0.29) is 5.54 Å². The lowest BCUT2D eigenvalue weighted by Crippen LogP contribution is -2.47. The van der Waals surface area contributed by atoms with Crippen molar-refractivity contribution < 1.29 is 4.79 Å². The number of carbonyl (C=O) groups excluding carboxylic acids is 1. The maximum Gasteiger partial charge on any atom is 0.226 e. The van der Waals surface area contributed by atoms with Gasteiger partial charge in [-0.1, -0.05) is 31.9 Å². The Kier molecular flexibility index (Phi) is 6.73. The average Bonchev–Trinajstić information content (AvgIpc) is 3.36. The van der Waals surface area contributed by atoms with Gasteiger partial charge >= 0.3 is 0 Å². The van der Waals surface area contributed by atoms with Crippen LogP contribution in [0.1, 0.15) is 85.5 Å². The highest BCUT2D eigenvalue weighted by molar-refractivity contribution is 5.81. The first-order chi connectivity index (χ1) is 10.9. The highest BCUT2D eigenvalue weighted by atomic mass is 16.2. The van der Waals surface area contributed by atoms with Gasteiger partial charge in [-0.15, -0.1) is 0 Å². The summed E-state index contributed by atoms with van der Waals surface area (Å²) < 4.78 is 0. The molecule has 0 radical (unpaired) electrons. The van der Waals surface area contributed by atoms with E-state index in [1.807, 2.05) is 0 Å². The minimum Gasteiger partial charge on any atom is -0.337 e. The van der Waals surface area contributed by atoms with E-state index in [0.717, 1.165) is 31.2 Å². The van der Waals surface area contributed by atoms with E-state index in [9.17, 15) is 4.79 Å². The van der Waals surface area contributed by atoms with Crippen LogP contribution in [0.5, 0.6) is 0 Å². The second-order valence-electron chi connectivity index (χ2n) is 8.69. The Labute approximate surface area is 143 Å². The van der Waals surface area contributed by atoms with Crippen LogP contribution in [0.3, 0.4) is 0 Å². The van der Waals surface area contributed by atoms with Gasteiger partial charge in [-0.25, -0.2) is 0 Å². The van der Waals surface area contributed by atoms with Crippen LogP contribution < -0.4 is 0 Å². The fourth-order valence-corrected chi connectivity index (χ4v) is 3.43. The summed E-state index contributed by atoms with van der Waals surface area (Å²) in [7, 11) is 0. The Bertz CT molecular complexity index is 403. The highest BCUT2D eigenvalue weighted by Gasteiger charge is 2.43. The number of allylic oxidation sites excluding steroid dienone is 2. The Morgan fingerprint density at radius 2 is 1.78 bits per heavy atom. The number of carbonyl (C=O) groups is 1. The molecule has 2 nitrogen and oxygen atoms in total. The molecule has 23 heavy (non-hydrogen) atoms. The molecule has 2 aliphatic rings. The average molecular weight is 320 g/mol. The van der Waals surface area contributed by atoms with Gasteiger partial charge < -0.3 is 4.90 Å². The number of hydrogen-bond donors (Lipinski definition) is 0. The molecular weight excluding hydrogens is 282 g/mol. The molecule has 1 amide bonds. The summed E-state index contributed by atoms with van der Waals surface area (Å²) >= 11 is 0. The molecule has 0 spiro atoms. The zero-order valence-corrected chi connectivity index (χ0v) is 15.8. The molecule has 2 saturated carbocycles. The van der Waals surface area contributed by atoms with E-state index in [0.29, 0.717) is 11.8 Å². The molecule has 0 bridgehead atoms. The van der Waals surface area contributed by atoms with Gasteiger partial charge in [0.25, 0.3) is 0 Å². The molecule has 2 aliphatic carbocycles. The fourth-order valence-electron chi connectivity index (χ4n) is 3.43. The lowest BCUT2D eigenvalue weighted by molar-refractivity contribution is -0.137. The van der Waals surface area contributed by atoms with Crippen LogP contribution in [0.2, 0.25) is 0 Å². The third-order valence-electron chi connectivity index (χ3n) is 5.33. The van der Waals surface area contributed by atoms with E-state index >= 15 is 0 Å². The van der Waals surface area contributed by atoms with Crippen molar-refractivity contribution in [3.05, 3.63) is 12.2 Å².